The summed E-state index contributed by atoms with van der Waals surface area (Å²) in [4.78, 5) is 24.1. The number of sulfone groups is 1. The van der Waals surface area contributed by atoms with Crippen molar-refractivity contribution in [2.45, 2.75) is 43.8 Å². The SMILES string of the molecule is CCOc1ccc(CN(C(=O)c2nc(SCc3cccc(C)c3)ncc2Cl)C2CCS(=O)(=O)C2)cc1. The number of amides is 1. The van der Waals surface area contributed by atoms with Crippen molar-refractivity contribution in [1.82, 2.24) is 14.9 Å². The maximum atomic E-state index is 13.7. The summed E-state index contributed by atoms with van der Waals surface area (Å²) in [5.74, 6) is 0.952. The van der Waals surface area contributed by atoms with Crippen molar-refractivity contribution in [2.75, 3.05) is 18.1 Å². The molecule has 0 aliphatic carbocycles. The predicted octanol–water partition coefficient (Wildman–Crippen LogP) is 4.96. The van der Waals surface area contributed by atoms with Gasteiger partial charge in [0.05, 0.1) is 29.3 Å². The Morgan fingerprint density at radius 1 is 1.19 bits per heavy atom. The van der Waals surface area contributed by atoms with Gasteiger partial charge in [-0.1, -0.05) is 65.3 Å². The molecule has 2 heterocycles. The van der Waals surface area contributed by atoms with Crippen LogP contribution in [0.3, 0.4) is 0 Å². The molecule has 10 heteroatoms. The van der Waals surface area contributed by atoms with Crippen LogP contribution in [0, 0.1) is 6.92 Å². The third-order valence-corrected chi connectivity index (χ3v) is 8.83. The van der Waals surface area contributed by atoms with Crippen molar-refractivity contribution < 1.29 is 17.9 Å². The summed E-state index contributed by atoms with van der Waals surface area (Å²) in [6.07, 6.45) is 1.81. The number of nitrogens with zero attached hydrogens (tertiary/aromatic N) is 3. The summed E-state index contributed by atoms with van der Waals surface area (Å²) in [5.41, 5.74) is 3.22. The fraction of sp³-hybridized carbons (Fsp3) is 0.346. The van der Waals surface area contributed by atoms with E-state index in [9.17, 15) is 13.2 Å². The molecule has 1 atom stereocenters. The van der Waals surface area contributed by atoms with Crippen LogP contribution >= 0.6 is 23.4 Å². The van der Waals surface area contributed by atoms with Crippen LogP contribution in [0.4, 0.5) is 0 Å². The second-order valence-electron chi connectivity index (χ2n) is 8.69. The van der Waals surface area contributed by atoms with Crippen molar-refractivity contribution in [3.63, 3.8) is 0 Å². The Bertz CT molecular complexity index is 1330. The van der Waals surface area contributed by atoms with Gasteiger partial charge in [0.15, 0.2) is 20.7 Å². The normalized spacial score (nSPS) is 16.6. The molecule has 1 amide bonds. The average molecular weight is 546 g/mol. The topological polar surface area (TPSA) is 89.5 Å². The molecule has 0 spiro atoms. The van der Waals surface area contributed by atoms with Gasteiger partial charge in [-0.3, -0.25) is 4.79 Å². The van der Waals surface area contributed by atoms with Gasteiger partial charge in [-0.25, -0.2) is 18.4 Å². The van der Waals surface area contributed by atoms with Crippen molar-refractivity contribution in [1.29, 1.82) is 0 Å². The molecule has 1 aromatic heterocycles. The highest BCUT2D eigenvalue weighted by molar-refractivity contribution is 7.98. The van der Waals surface area contributed by atoms with E-state index in [1.807, 2.05) is 56.3 Å². The first kappa shape index (κ1) is 26.4. The minimum atomic E-state index is -3.21. The van der Waals surface area contributed by atoms with Crippen LogP contribution < -0.4 is 4.74 Å². The van der Waals surface area contributed by atoms with Crippen LogP contribution in [0.25, 0.3) is 0 Å². The molecule has 4 rings (SSSR count). The second kappa shape index (κ2) is 11.6. The zero-order valence-corrected chi connectivity index (χ0v) is 22.6. The first-order valence-electron chi connectivity index (χ1n) is 11.7. The summed E-state index contributed by atoms with van der Waals surface area (Å²) in [6.45, 7) is 4.73. The smallest absolute Gasteiger partial charge is 0.274 e. The van der Waals surface area contributed by atoms with Crippen molar-refractivity contribution in [3.8, 4) is 5.75 Å². The predicted molar refractivity (Wildman–Crippen MR) is 142 cm³/mol. The molecule has 2 aromatic carbocycles. The summed E-state index contributed by atoms with van der Waals surface area (Å²) in [6, 6.07) is 15.1. The number of ether oxygens (including phenoxy) is 1. The number of benzene rings is 2. The number of rotatable bonds is 9. The first-order valence-corrected chi connectivity index (χ1v) is 14.9. The van der Waals surface area contributed by atoms with E-state index in [4.69, 9.17) is 16.3 Å². The highest BCUT2D eigenvalue weighted by Gasteiger charge is 2.36. The fourth-order valence-electron chi connectivity index (χ4n) is 4.10. The van der Waals surface area contributed by atoms with Crippen LogP contribution in [-0.2, 0) is 22.1 Å². The zero-order chi connectivity index (χ0) is 25.7. The third-order valence-electron chi connectivity index (χ3n) is 5.87. The van der Waals surface area contributed by atoms with Gasteiger partial charge in [-0.15, -0.1) is 0 Å². The Morgan fingerprint density at radius 2 is 1.97 bits per heavy atom. The first-order chi connectivity index (χ1) is 17.2. The minimum Gasteiger partial charge on any atom is -0.494 e. The number of aryl methyl sites for hydroxylation is 1. The number of hydrogen-bond acceptors (Lipinski definition) is 7. The number of hydrogen-bond donors (Lipinski definition) is 0. The fourth-order valence-corrected chi connectivity index (χ4v) is 6.76. The Hall–Kier alpha value is -2.62. The number of thioether (sulfide) groups is 1. The Balaban J connectivity index is 1.58. The highest BCUT2D eigenvalue weighted by Crippen LogP contribution is 2.27. The third kappa shape index (κ3) is 6.78. The van der Waals surface area contributed by atoms with E-state index in [1.165, 1.54) is 18.0 Å². The van der Waals surface area contributed by atoms with Gasteiger partial charge in [0.2, 0.25) is 0 Å². The molecule has 36 heavy (non-hydrogen) atoms. The summed E-state index contributed by atoms with van der Waals surface area (Å²) < 4.78 is 30.0. The van der Waals surface area contributed by atoms with Crippen LogP contribution in [0.15, 0.2) is 59.9 Å². The molecule has 0 saturated carbocycles. The lowest BCUT2D eigenvalue weighted by molar-refractivity contribution is 0.0674. The van der Waals surface area contributed by atoms with Crippen molar-refractivity contribution in [3.05, 3.63) is 82.1 Å². The summed E-state index contributed by atoms with van der Waals surface area (Å²) >= 11 is 7.79. The van der Waals surface area contributed by atoms with Gasteiger partial charge in [-0.05, 0) is 43.5 Å². The molecule has 1 unspecified atom stereocenters. The molecule has 1 fully saturated rings. The molecular formula is C26H28ClN3O4S2. The van der Waals surface area contributed by atoms with E-state index in [1.54, 1.807) is 4.90 Å². The molecule has 1 aliphatic heterocycles. The van der Waals surface area contributed by atoms with Gasteiger partial charge >= 0.3 is 0 Å². The minimum absolute atomic E-state index is 0.0554. The Labute approximate surface area is 221 Å². The highest BCUT2D eigenvalue weighted by atomic mass is 35.5. The second-order valence-corrected chi connectivity index (χ2v) is 12.3. The molecule has 0 bridgehead atoms. The van der Waals surface area contributed by atoms with Gasteiger partial charge < -0.3 is 9.64 Å². The number of carbonyl (C=O) groups excluding carboxylic acids is 1. The lowest BCUT2D eigenvalue weighted by atomic mass is 10.1. The van der Waals surface area contributed by atoms with E-state index in [0.29, 0.717) is 23.9 Å². The van der Waals surface area contributed by atoms with Gasteiger partial charge in [-0.2, -0.15) is 0 Å². The molecule has 0 radical (unpaired) electrons. The van der Waals surface area contributed by atoms with Crippen LogP contribution in [0.5, 0.6) is 5.75 Å². The van der Waals surface area contributed by atoms with Crippen molar-refractivity contribution >= 4 is 39.1 Å². The van der Waals surface area contributed by atoms with Crippen LogP contribution in [0.2, 0.25) is 5.02 Å². The average Bonchev–Trinajstić information content (AvgIpc) is 3.22. The largest absolute Gasteiger partial charge is 0.494 e. The van der Waals surface area contributed by atoms with Crippen LogP contribution in [-0.4, -0.2) is 53.3 Å². The molecular weight excluding hydrogens is 518 g/mol. The summed E-state index contributed by atoms with van der Waals surface area (Å²) in [7, 11) is -3.21. The lowest BCUT2D eigenvalue weighted by Gasteiger charge is -2.28. The maximum Gasteiger partial charge on any atom is 0.274 e. The molecule has 190 valence electrons. The molecule has 0 N–H and O–H groups in total. The van der Waals surface area contributed by atoms with E-state index in [-0.39, 0.29) is 28.8 Å². The van der Waals surface area contributed by atoms with Crippen LogP contribution in [0.1, 0.15) is 40.5 Å². The van der Waals surface area contributed by atoms with Crippen molar-refractivity contribution in [2.24, 2.45) is 0 Å². The molecule has 7 nitrogen and oxygen atoms in total. The number of carbonyl (C=O) groups is 1. The standard InChI is InChI=1S/C26H28ClN3O4S2/c1-3-34-22-9-7-19(8-10-22)15-30(21-11-12-36(32,33)17-21)25(31)24-23(27)14-28-26(29-24)35-16-20-6-4-5-18(2)13-20/h4-10,13-14,21H,3,11-12,15-17H2,1-2H3. The number of aromatic nitrogens is 2. The van der Waals surface area contributed by atoms with Gasteiger partial charge in [0.1, 0.15) is 5.75 Å². The lowest BCUT2D eigenvalue weighted by Crippen LogP contribution is -2.41. The van der Waals surface area contributed by atoms with E-state index < -0.39 is 21.8 Å². The van der Waals surface area contributed by atoms with Gasteiger partial charge in [0.25, 0.3) is 5.91 Å². The molecule has 1 aliphatic rings. The maximum absolute atomic E-state index is 13.7. The zero-order valence-electron chi connectivity index (χ0n) is 20.2. The van der Waals surface area contributed by atoms with Gasteiger partial charge in [0, 0.05) is 18.3 Å². The Kier molecular flexibility index (Phi) is 8.54. The van der Waals surface area contributed by atoms with E-state index in [0.717, 1.165) is 22.4 Å². The number of halogens is 1. The van der Waals surface area contributed by atoms with E-state index >= 15 is 0 Å². The Morgan fingerprint density at radius 3 is 2.64 bits per heavy atom. The molecule has 1 saturated heterocycles. The molecule has 3 aromatic rings. The summed E-state index contributed by atoms with van der Waals surface area (Å²) in [5, 5.41) is 0.571. The van der Waals surface area contributed by atoms with E-state index in [2.05, 4.69) is 16.0 Å². The monoisotopic (exact) mass is 545 g/mol. The quantitative estimate of drug-likeness (QED) is 0.277.